The molecule has 1 saturated heterocycles. The third kappa shape index (κ3) is 2.61. The summed E-state index contributed by atoms with van der Waals surface area (Å²) in [6.07, 6.45) is 1.92. The normalized spacial score (nSPS) is 19.5. The fourth-order valence-electron chi connectivity index (χ4n) is 1.92. The minimum Gasteiger partial charge on any atom is -0.342 e. The highest BCUT2D eigenvalue weighted by molar-refractivity contribution is 5.96. The maximum atomic E-state index is 11.9. The molecule has 1 N–H and O–H groups in total. The lowest BCUT2D eigenvalue weighted by atomic mass is 10.1. The lowest BCUT2D eigenvalue weighted by Gasteiger charge is -2.13. The number of hydrogen-bond donors (Lipinski definition) is 1. The van der Waals surface area contributed by atoms with Crippen LogP contribution in [-0.4, -0.2) is 34.8 Å². The molecule has 1 aromatic rings. The maximum Gasteiger partial charge on any atom is 0.230 e. The number of hydrogen-bond acceptors (Lipinski definition) is 3. The lowest BCUT2D eigenvalue weighted by molar-refractivity contribution is -0.128. The van der Waals surface area contributed by atoms with E-state index in [1.165, 1.54) is 0 Å². The summed E-state index contributed by atoms with van der Waals surface area (Å²) < 4.78 is 0. The van der Waals surface area contributed by atoms with Crippen LogP contribution in [0.15, 0.2) is 24.4 Å². The molecular weight excluding hydrogens is 218 g/mol. The number of carbonyl (C=O) groups is 2. The van der Waals surface area contributed by atoms with Crippen molar-refractivity contribution in [3.05, 3.63) is 24.4 Å². The summed E-state index contributed by atoms with van der Waals surface area (Å²) in [5.41, 5.74) is 0. The summed E-state index contributed by atoms with van der Waals surface area (Å²) in [6.45, 7) is 3.08. The van der Waals surface area contributed by atoms with Gasteiger partial charge in [0.05, 0.1) is 5.92 Å². The molecular formula is C12H15N3O2. The van der Waals surface area contributed by atoms with Gasteiger partial charge >= 0.3 is 0 Å². The van der Waals surface area contributed by atoms with Crippen molar-refractivity contribution in [1.82, 2.24) is 9.88 Å². The number of rotatable bonds is 3. The Morgan fingerprint density at radius 3 is 3.00 bits per heavy atom. The summed E-state index contributed by atoms with van der Waals surface area (Å²) in [5, 5.41) is 2.72. The van der Waals surface area contributed by atoms with Gasteiger partial charge in [0.1, 0.15) is 5.82 Å². The zero-order chi connectivity index (χ0) is 12.3. The third-order valence-electron chi connectivity index (χ3n) is 2.88. The van der Waals surface area contributed by atoms with Crippen LogP contribution in [-0.2, 0) is 9.59 Å². The largest absolute Gasteiger partial charge is 0.342 e. The molecule has 17 heavy (non-hydrogen) atoms. The molecule has 0 spiro atoms. The number of anilines is 1. The molecule has 1 aromatic heterocycles. The van der Waals surface area contributed by atoms with Crippen LogP contribution >= 0.6 is 0 Å². The van der Waals surface area contributed by atoms with Crippen LogP contribution in [0, 0.1) is 5.92 Å². The summed E-state index contributed by atoms with van der Waals surface area (Å²) in [5.74, 6) is 0.186. The van der Waals surface area contributed by atoms with Gasteiger partial charge in [0.2, 0.25) is 11.8 Å². The van der Waals surface area contributed by atoms with E-state index in [1.807, 2.05) is 6.92 Å². The molecule has 1 atom stereocenters. The van der Waals surface area contributed by atoms with Crippen LogP contribution in [0.1, 0.15) is 13.3 Å². The number of likely N-dealkylation sites (tertiary alicyclic amines) is 1. The predicted molar refractivity (Wildman–Crippen MR) is 63.2 cm³/mol. The monoisotopic (exact) mass is 233 g/mol. The van der Waals surface area contributed by atoms with Gasteiger partial charge in [-0.15, -0.1) is 0 Å². The van der Waals surface area contributed by atoms with Crippen molar-refractivity contribution in [3.63, 3.8) is 0 Å². The van der Waals surface area contributed by atoms with E-state index in [1.54, 1.807) is 29.3 Å². The van der Waals surface area contributed by atoms with Crippen LogP contribution in [0.5, 0.6) is 0 Å². The van der Waals surface area contributed by atoms with Crippen molar-refractivity contribution in [3.8, 4) is 0 Å². The average Bonchev–Trinajstić information content (AvgIpc) is 2.72. The fraction of sp³-hybridized carbons (Fsp3) is 0.417. The van der Waals surface area contributed by atoms with Crippen LogP contribution in [0.3, 0.4) is 0 Å². The smallest absolute Gasteiger partial charge is 0.230 e. The number of aromatic nitrogens is 1. The molecule has 5 heteroatoms. The molecule has 0 aromatic carbocycles. The first-order valence-electron chi connectivity index (χ1n) is 5.70. The van der Waals surface area contributed by atoms with Gasteiger partial charge in [0, 0.05) is 25.7 Å². The SMILES string of the molecule is CCN1CC(C(=O)Nc2ccccn2)CC1=O. The molecule has 1 fully saturated rings. The molecule has 1 unspecified atom stereocenters. The quantitative estimate of drug-likeness (QED) is 0.843. The van der Waals surface area contributed by atoms with Crippen LogP contribution in [0.2, 0.25) is 0 Å². The predicted octanol–water partition coefficient (Wildman–Crippen LogP) is 0.889. The molecule has 90 valence electrons. The number of carbonyl (C=O) groups excluding carboxylic acids is 2. The van der Waals surface area contributed by atoms with Gasteiger partial charge in [-0.25, -0.2) is 4.98 Å². The van der Waals surface area contributed by atoms with Crippen molar-refractivity contribution >= 4 is 17.6 Å². The van der Waals surface area contributed by atoms with Gasteiger partial charge in [-0.05, 0) is 19.1 Å². The van der Waals surface area contributed by atoms with Gasteiger partial charge in [-0.2, -0.15) is 0 Å². The Labute approximate surface area is 99.8 Å². The van der Waals surface area contributed by atoms with Gasteiger partial charge < -0.3 is 10.2 Å². The molecule has 0 saturated carbocycles. The van der Waals surface area contributed by atoms with E-state index < -0.39 is 0 Å². The number of pyridine rings is 1. The second-order valence-corrected chi connectivity index (χ2v) is 4.04. The third-order valence-corrected chi connectivity index (χ3v) is 2.88. The molecule has 2 rings (SSSR count). The van der Waals surface area contributed by atoms with Crippen molar-refractivity contribution in [2.45, 2.75) is 13.3 Å². The zero-order valence-corrected chi connectivity index (χ0v) is 9.72. The fourth-order valence-corrected chi connectivity index (χ4v) is 1.92. The standard InChI is InChI=1S/C12H15N3O2/c1-2-15-8-9(7-11(15)16)12(17)14-10-5-3-4-6-13-10/h3-6,9H,2,7-8H2,1H3,(H,13,14,17). The van der Waals surface area contributed by atoms with Crippen molar-refractivity contribution in [2.24, 2.45) is 5.92 Å². The second kappa shape index (κ2) is 4.95. The molecule has 0 radical (unpaired) electrons. The number of amides is 2. The van der Waals surface area contributed by atoms with E-state index in [0.29, 0.717) is 25.3 Å². The molecule has 0 aliphatic carbocycles. The Bertz CT molecular complexity index is 419. The minimum absolute atomic E-state index is 0.0497. The van der Waals surface area contributed by atoms with E-state index in [-0.39, 0.29) is 17.7 Å². The van der Waals surface area contributed by atoms with Crippen LogP contribution in [0.25, 0.3) is 0 Å². The van der Waals surface area contributed by atoms with Gasteiger partial charge in [-0.3, -0.25) is 9.59 Å². The Hall–Kier alpha value is -1.91. The van der Waals surface area contributed by atoms with Crippen molar-refractivity contribution in [1.29, 1.82) is 0 Å². The first-order chi connectivity index (χ1) is 8.20. The molecule has 2 heterocycles. The number of nitrogens with one attached hydrogen (secondary N) is 1. The summed E-state index contributed by atoms with van der Waals surface area (Å²) in [6, 6.07) is 5.32. The van der Waals surface area contributed by atoms with Gasteiger partial charge in [0.15, 0.2) is 0 Å². The lowest BCUT2D eigenvalue weighted by Crippen LogP contribution is -2.28. The summed E-state index contributed by atoms with van der Waals surface area (Å²) in [7, 11) is 0. The van der Waals surface area contributed by atoms with E-state index >= 15 is 0 Å². The Morgan fingerprint density at radius 2 is 2.41 bits per heavy atom. The summed E-state index contributed by atoms with van der Waals surface area (Å²) in [4.78, 5) is 29.1. The second-order valence-electron chi connectivity index (χ2n) is 4.04. The Balaban J connectivity index is 1.96. The van der Waals surface area contributed by atoms with E-state index in [0.717, 1.165) is 0 Å². The summed E-state index contributed by atoms with van der Waals surface area (Å²) >= 11 is 0. The van der Waals surface area contributed by atoms with Gasteiger partial charge in [-0.1, -0.05) is 6.07 Å². The van der Waals surface area contributed by atoms with E-state index in [2.05, 4.69) is 10.3 Å². The molecule has 1 aliphatic rings. The highest BCUT2D eigenvalue weighted by Gasteiger charge is 2.33. The maximum absolute atomic E-state index is 11.9. The first kappa shape index (κ1) is 11.6. The van der Waals surface area contributed by atoms with E-state index in [9.17, 15) is 9.59 Å². The highest BCUT2D eigenvalue weighted by atomic mass is 16.2. The van der Waals surface area contributed by atoms with Gasteiger partial charge in [0.25, 0.3) is 0 Å². The zero-order valence-electron chi connectivity index (χ0n) is 9.72. The van der Waals surface area contributed by atoms with Crippen molar-refractivity contribution in [2.75, 3.05) is 18.4 Å². The highest BCUT2D eigenvalue weighted by Crippen LogP contribution is 2.18. The molecule has 0 bridgehead atoms. The van der Waals surface area contributed by atoms with Crippen LogP contribution < -0.4 is 5.32 Å². The molecule has 5 nitrogen and oxygen atoms in total. The van der Waals surface area contributed by atoms with Crippen LogP contribution in [0.4, 0.5) is 5.82 Å². The Morgan fingerprint density at radius 1 is 1.59 bits per heavy atom. The Kier molecular flexibility index (Phi) is 3.37. The topological polar surface area (TPSA) is 62.3 Å². The minimum atomic E-state index is -0.260. The average molecular weight is 233 g/mol. The molecule has 2 amide bonds. The van der Waals surface area contributed by atoms with E-state index in [4.69, 9.17) is 0 Å². The van der Waals surface area contributed by atoms with Crippen molar-refractivity contribution < 1.29 is 9.59 Å². The first-order valence-corrected chi connectivity index (χ1v) is 5.70. The molecule has 1 aliphatic heterocycles. The number of nitrogens with zero attached hydrogens (tertiary/aromatic N) is 2.